The van der Waals surface area contributed by atoms with Gasteiger partial charge in [-0.15, -0.1) is 12.1 Å². The summed E-state index contributed by atoms with van der Waals surface area (Å²) in [5.74, 6) is 0. The molecule has 0 unspecified atom stereocenters. The van der Waals surface area contributed by atoms with Gasteiger partial charge in [-0.25, -0.2) is 0 Å². The minimum Gasteiger partial charge on any atom is -0.199 e. The Balaban J connectivity index is 0.00000196. The third-order valence-corrected chi connectivity index (χ3v) is 9.22. The maximum Gasteiger partial charge on any atom is 1.00 e. The van der Waals surface area contributed by atoms with Gasteiger partial charge in [0.25, 0.3) is 0 Å². The molecule has 0 atom stereocenters. The molecule has 0 saturated carbocycles. The first-order valence-electron chi connectivity index (χ1n) is 5.61. The molecule has 78 valence electrons. The number of rotatable bonds is 4. The summed E-state index contributed by atoms with van der Waals surface area (Å²) in [6.45, 7) is 11.0. The van der Waals surface area contributed by atoms with Crippen molar-refractivity contribution in [2.75, 3.05) is 0 Å². The van der Waals surface area contributed by atoms with Crippen molar-refractivity contribution >= 4 is 13.3 Å². The fourth-order valence-electron chi connectivity index (χ4n) is 2.22. The summed E-state index contributed by atoms with van der Waals surface area (Å²) in [7, 11) is -1.14. The van der Waals surface area contributed by atoms with Crippen molar-refractivity contribution in [3.8, 4) is 0 Å². The van der Waals surface area contributed by atoms with Gasteiger partial charge in [-0.3, -0.25) is 0 Å². The van der Waals surface area contributed by atoms with Crippen molar-refractivity contribution in [3.05, 3.63) is 36.8 Å². The van der Waals surface area contributed by atoms with Gasteiger partial charge in [0.2, 0.25) is 0 Å². The summed E-state index contributed by atoms with van der Waals surface area (Å²) in [5.41, 5.74) is 1.12. The minimum absolute atomic E-state index is 0. The van der Waals surface area contributed by atoms with E-state index in [1.54, 1.807) is 5.19 Å². The van der Waals surface area contributed by atoms with E-state index < -0.39 is 8.07 Å². The van der Waals surface area contributed by atoms with Crippen LogP contribution in [0.2, 0.25) is 18.1 Å². The standard InChI is InChI=1S/C13H21Si.K/c1-5-14(6-2,7-3)13-10-8-12(4)9-11-13;/h8-11H,4-7H2,1-3H3;/q-1;+1. The first kappa shape index (κ1) is 15.9. The summed E-state index contributed by atoms with van der Waals surface area (Å²) in [6.07, 6.45) is 0. The predicted molar refractivity (Wildman–Crippen MR) is 67.7 cm³/mol. The summed E-state index contributed by atoms with van der Waals surface area (Å²) in [4.78, 5) is 0. The molecule has 0 radical (unpaired) electrons. The molecular formula is C13H21KSi. The van der Waals surface area contributed by atoms with E-state index in [0.29, 0.717) is 0 Å². The Kier molecular flexibility index (Phi) is 7.76. The van der Waals surface area contributed by atoms with E-state index in [-0.39, 0.29) is 51.4 Å². The number of hydrogen-bond donors (Lipinski definition) is 0. The van der Waals surface area contributed by atoms with Crippen LogP contribution in [0.4, 0.5) is 0 Å². The molecule has 0 fully saturated rings. The van der Waals surface area contributed by atoms with Gasteiger partial charge in [0.1, 0.15) is 0 Å². The molecule has 2 heteroatoms. The average Bonchev–Trinajstić information content (AvgIpc) is 2.24. The van der Waals surface area contributed by atoms with E-state index in [2.05, 4.69) is 52.0 Å². The monoisotopic (exact) mass is 244 g/mol. The Hall–Kier alpha value is 0.943. The summed E-state index contributed by atoms with van der Waals surface area (Å²) >= 11 is 0. The molecule has 0 nitrogen and oxygen atoms in total. The SMILES string of the molecule is [CH2-]c1ccc([Si](CC)(CC)CC)cc1.[K+]. The van der Waals surface area contributed by atoms with Crippen LogP contribution in [0.25, 0.3) is 0 Å². The molecule has 0 amide bonds. The summed E-state index contributed by atoms with van der Waals surface area (Å²) < 4.78 is 0. The minimum atomic E-state index is -1.14. The molecule has 1 aromatic carbocycles. The van der Waals surface area contributed by atoms with E-state index in [9.17, 15) is 0 Å². The molecule has 15 heavy (non-hydrogen) atoms. The Bertz CT molecular complexity index is 267. The van der Waals surface area contributed by atoms with E-state index >= 15 is 0 Å². The zero-order valence-corrected chi connectivity index (χ0v) is 14.8. The van der Waals surface area contributed by atoms with E-state index in [4.69, 9.17) is 0 Å². The fourth-order valence-corrected chi connectivity index (χ4v) is 5.82. The first-order chi connectivity index (χ1) is 6.68. The molecule has 0 aliphatic heterocycles. The first-order valence-corrected chi connectivity index (χ1v) is 8.23. The third kappa shape index (κ3) is 3.72. The topological polar surface area (TPSA) is 0 Å². The van der Waals surface area contributed by atoms with Gasteiger partial charge in [-0.2, -0.15) is 24.6 Å². The van der Waals surface area contributed by atoms with Gasteiger partial charge < -0.3 is 0 Å². The number of benzene rings is 1. The largest absolute Gasteiger partial charge is 1.00 e. The molecule has 0 saturated heterocycles. The maximum atomic E-state index is 3.94. The second-order valence-electron chi connectivity index (χ2n) is 4.04. The molecule has 0 spiro atoms. The van der Waals surface area contributed by atoms with E-state index in [0.717, 1.165) is 5.56 Å². The van der Waals surface area contributed by atoms with Crippen LogP contribution in [0.3, 0.4) is 0 Å². The molecule has 0 bridgehead atoms. The number of hydrogen-bond acceptors (Lipinski definition) is 0. The van der Waals surface area contributed by atoms with Gasteiger partial charge in [-0.1, -0.05) is 44.1 Å². The fraction of sp³-hybridized carbons (Fsp3) is 0.462. The molecular weight excluding hydrogens is 223 g/mol. The average molecular weight is 244 g/mol. The molecule has 0 aliphatic carbocycles. The molecule has 0 heterocycles. The quantitative estimate of drug-likeness (QED) is 0.537. The van der Waals surface area contributed by atoms with Crippen LogP contribution in [-0.2, 0) is 0 Å². The van der Waals surface area contributed by atoms with Crippen LogP contribution >= 0.6 is 0 Å². The predicted octanol–water partition coefficient (Wildman–Crippen LogP) is 0.588. The van der Waals surface area contributed by atoms with Crippen LogP contribution < -0.4 is 56.6 Å². The van der Waals surface area contributed by atoms with Crippen molar-refractivity contribution in [1.29, 1.82) is 0 Å². The Labute approximate surface area is 138 Å². The van der Waals surface area contributed by atoms with Crippen LogP contribution in [0.5, 0.6) is 0 Å². The van der Waals surface area contributed by atoms with Crippen molar-refractivity contribution < 1.29 is 51.4 Å². The van der Waals surface area contributed by atoms with E-state index in [1.165, 1.54) is 18.1 Å². The maximum absolute atomic E-state index is 3.94. The van der Waals surface area contributed by atoms with Gasteiger partial charge in [0.15, 0.2) is 0 Å². The molecule has 1 aromatic rings. The van der Waals surface area contributed by atoms with Gasteiger partial charge in [0.05, 0.1) is 8.07 Å². The van der Waals surface area contributed by atoms with Crippen molar-refractivity contribution in [2.24, 2.45) is 0 Å². The smallest absolute Gasteiger partial charge is 0.199 e. The van der Waals surface area contributed by atoms with E-state index in [1.807, 2.05) is 0 Å². The molecule has 0 N–H and O–H groups in total. The molecule has 0 aliphatic rings. The van der Waals surface area contributed by atoms with Crippen LogP contribution in [0, 0.1) is 6.92 Å². The second-order valence-corrected chi connectivity index (χ2v) is 9.30. The summed E-state index contributed by atoms with van der Waals surface area (Å²) in [5, 5.41) is 1.61. The third-order valence-electron chi connectivity index (χ3n) is 3.60. The molecule has 1 rings (SSSR count). The van der Waals surface area contributed by atoms with Crippen LogP contribution in [-0.4, -0.2) is 8.07 Å². The zero-order chi connectivity index (χ0) is 10.6. The Morgan fingerprint density at radius 2 is 1.33 bits per heavy atom. The van der Waals surface area contributed by atoms with Crippen LogP contribution in [0.15, 0.2) is 24.3 Å². The van der Waals surface area contributed by atoms with Gasteiger partial charge in [0, 0.05) is 0 Å². The Morgan fingerprint density at radius 1 is 0.933 bits per heavy atom. The molecule has 0 aromatic heterocycles. The van der Waals surface area contributed by atoms with Gasteiger partial charge in [-0.05, 0) is 0 Å². The zero-order valence-electron chi connectivity index (χ0n) is 10.6. The van der Waals surface area contributed by atoms with Gasteiger partial charge >= 0.3 is 51.4 Å². The summed E-state index contributed by atoms with van der Waals surface area (Å²) in [6, 6.07) is 13.0. The normalized spacial score (nSPS) is 10.9. The second kappa shape index (κ2) is 7.30. The van der Waals surface area contributed by atoms with Crippen molar-refractivity contribution in [1.82, 2.24) is 0 Å². The van der Waals surface area contributed by atoms with Crippen molar-refractivity contribution in [3.63, 3.8) is 0 Å². The Morgan fingerprint density at radius 3 is 1.67 bits per heavy atom. The van der Waals surface area contributed by atoms with Crippen LogP contribution in [0.1, 0.15) is 26.3 Å². The van der Waals surface area contributed by atoms with Crippen molar-refractivity contribution in [2.45, 2.75) is 38.9 Å².